The molecule has 1 aliphatic rings. The van der Waals surface area contributed by atoms with Gasteiger partial charge in [0.25, 0.3) is 0 Å². The van der Waals surface area contributed by atoms with E-state index in [2.05, 4.69) is 155 Å². The van der Waals surface area contributed by atoms with Crippen LogP contribution in [0.15, 0.2) is 200 Å². The van der Waals surface area contributed by atoms with Crippen LogP contribution in [0.25, 0.3) is 61.0 Å². The Kier molecular flexibility index (Phi) is 9.82. The van der Waals surface area contributed by atoms with Gasteiger partial charge >= 0.3 is 0 Å². The van der Waals surface area contributed by atoms with E-state index in [1.807, 2.05) is 86.0 Å². The number of hydrogen-bond donors (Lipinski definition) is 0. The molecule has 0 bridgehead atoms. The Balaban J connectivity index is 0.00000525. The summed E-state index contributed by atoms with van der Waals surface area (Å²) in [6, 6.07) is 69.6. The van der Waals surface area contributed by atoms with Crippen molar-refractivity contribution < 1.29 is 29.9 Å². The zero-order valence-electron chi connectivity index (χ0n) is 38.4. The van der Waals surface area contributed by atoms with Gasteiger partial charge in [-0.1, -0.05) is 154 Å². The largest absolute Gasteiger partial charge is 0.509 e. The standard InChI is InChI=1S/C58H43N4O.Pt/c1-58(2,3)44-33-34-59-56(36-44)62-52-28-11-10-25-50(52)51-32-31-47(38-55(51)62)63-46-24-15-23-45(37-46)60-39-61(54-30-13-12-29-53(54)60)57-48(41-19-8-5-9-20-41)26-16-27-49(57)43-22-14-21-42(35-43)40-17-6-4-7-18-40;/h4-36,39H,1-3H3;/q-3;/i33D,34D,36D;. The molecule has 0 fully saturated rings. The van der Waals surface area contributed by atoms with Crippen molar-refractivity contribution in [2.75, 3.05) is 9.80 Å². The Labute approximate surface area is 393 Å². The minimum atomic E-state index is -0.550. The molecule has 0 unspecified atom stereocenters. The van der Waals surface area contributed by atoms with Crippen LogP contribution in [-0.2, 0) is 26.5 Å². The smallest absolute Gasteiger partial charge is 0.135 e. The molecule has 0 N–H and O–H groups in total. The molecule has 11 rings (SSSR count). The van der Waals surface area contributed by atoms with Gasteiger partial charge in [-0.15, -0.1) is 48.1 Å². The zero-order valence-corrected chi connectivity index (χ0v) is 37.7. The monoisotopic (exact) mass is 1010 g/mol. The van der Waals surface area contributed by atoms with Crippen LogP contribution >= 0.6 is 0 Å². The van der Waals surface area contributed by atoms with E-state index in [-0.39, 0.29) is 45.1 Å². The van der Waals surface area contributed by atoms with Gasteiger partial charge in [0.2, 0.25) is 0 Å². The van der Waals surface area contributed by atoms with E-state index in [4.69, 9.17) is 7.48 Å². The molecule has 314 valence electrons. The van der Waals surface area contributed by atoms with E-state index in [0.29, 0.717) is 22.6 Å². The summed E-state index contributed by atoms with van der Waals surface area (Å²) in [6.07, 6.45) is -0.174. The molecule has 1 aliphatic heterocycles. The summed E-state index contributed by atoms with van der Waals surface area (Å²) in [5.74, 6) is 1.24. The Morgan fingerprint density at radius 2 is 1.20 bits per heavy atom. The molecular weight excluding hydrogens is 964 g/mol. The van der Waals surface area contributed by atoms with E-state index in [1.54, 1.807) is 0 Å². The summed E-state index contributed by atoms with van der Waals surface area (Å²) in [4.78, 5) is 8.99. The van der Waals surface area contributed by atoms with Gasteiger partial charge in [-0.25, -0.2) is 4.98 Å². The minimum Gasteiger partial charge on any atom is -0.509 e. The second-order valence-electron chi connectivity index (χ2n) is 16.7. The van der Waals surface area contributed by atoms with Gasteiger partial charge in [-0.2, -0.15) is 12.1 Å². The van der Waals surface area contributed by atoms with Crippen molar-refractivity contribution in [3.8, 4) is 50.7 Å². The van der Waals surface area contributed by atoms with Crippen LogP contribution in [0.1, 0.15) is 30.4 Å². The van der Waals surface area contributed by atoms with Gasteiger partial charge in [0, 0.05) is 72.4 Å². The van der Waals surface area contributed by atoms with Gasteiger partial charge in [0.1, 0.15) is 5.82 Å². The number of nitrogens with zero attached hydrogens (tertiary/aromatic N) is 4. The van der Waals surface area contributed by atoms with E-state index < -0.39 is 5.41 Å². The molecule has 0 atom stereocenters. The first kappa shape index (κ1) is 37.4. The number of aromatic nitrogens is 2. The van der Waals surface area contributed by atoms with Crippen LogP contribution in [0, 0.1) is 18.8 Å². The van der Waals surface area contributed by atoms with Crippen molar-refractivity contribution in [2.24, 2.45) is 0 Å². The predicted octanol–water partition coefficient (Wildman–Crippen LogP) is 15.3. The Hall–Kier alpha value is -7.20. The fraction of sp³-hybridized carbons (Fsp3) is 0.0690. The van der Waals surface area contributed by atoms with Gasteiger partial charge < -0.3 is 19.1 Å². The first-order valence-corrected chi connectivity index (χ1v) is 21.1. The topological polar surface area (TPSA) is 33.5 Å². The molecule has 64 heavy (non-hydrogen) atoms. The average Bonchev–Trinajstić information content (AvgIpc) is 3.89. The van der Waals surface area contributed by atoms with Crippen molar-refractivity contribution in [1.82, 2.24) is 9.55 Å². The quantitative estimate of drug-likeness (QED) is 0.142. The molecule has 5 nitrogen and oxygen atoms in total. The fourth-order valence-corrected chi connectivity index (χ4v) is 8.56. The summed E-state index contributed by atoms with van der Waals surface area (Å²) >= 11 is 0. The second-order valence-corrected chi connectivity index (χ2v) is 16.7. The number of para-hydroxylation sites is 4. The molecule has 0 amide bonds. The third kappa shape index (κ3) is 7.46. The van der Waals surface area contributed by atoms with Gasteiger partial charge in [-0.3, -0.25) is 0 Å². The average molecular weight is 1010 g/mol. The Morgan fingerprint density at radius 3 is 1.98 bits per heavy atom. The van der Waals surface area contributed by atoms with Gasteiger partial charge in [-0.05, 0) is 75.0 Å². The van der Waals surface area contributed by atoms with Crippen molar-refractivity contribution in [3.63, 3.8) is 0 Å². The maximum atomic E-state index is 9.33. The molecule has 6 heteroatoms. The number of hydrogen-bond acceptors (Lipinski definition) is 4. The molecular formula is C58H43N4OPt-3. The van der Waals surface area contributed by atoms with Crippen LogP contribution < -0.4 is 14.5 Å². The number of fused-ring (bicyclic) bond motifs is 4. The minimum absolute atomic E-state index is 0. The van der Waals surface area contributed by atoms with Crippen molar-refractivity contribution in [1.29, 1.82) is 0 Å². The molecule has 8 aromatic carbocycles. The summed E-state index contributed by atoms with van der Waals surface area (Å²) < 4.78 is 35.2. The molecule has 0 saturated heterocycles. The Morgan fingerprint density at radius 1 is 0.578 bits per heavy atom. The van der Waals surface area contributed by atoms with Crippen molar-refractivity contribution >= 4 is 44.6 Å². The molecule has 3 heterocycles. The summed E-state index contributed by atoms with van der Waals surface area (Å²) in [6.45, 7) is 8.01. The number of pyridine rings is 1. The fourth-order valence-electron chi connectivity index (χ4n) is 8.56. The summed E-state index contributed by atoms with van der Waals surface area (Å²) in [5, 5.41) is 1.86. The zero-order chi connectivity index (χ0) is 45.1. The van der Waals surface area contributed by atoms with Crippen LogP contribution in [0.4, 0.5) is 22.7 Å². The first-order valence-electron chi connectivity index (χ1n) is 22.6. The molecule has 10 aromatic rings. The van der Waals surface area contributed by atoms with E-state index >= 15 is 0 Å². The van der Waals surface area contributed by atoms with E-state index in [9.17, 15) is 1.37 Å². The van der Waals surface area contributed by atoms with Gasteiger partial charge in [0.05, 0.1) is 4.11 Å². The summed E-state index contributed by atoms with van der Waals surface area (Å²) in [7, 11) is 0. The maximum Gasteiger partial charge on any atom is 0.135 e. The predicted molar refractivity (Wildman–Crippen MR) is 259 cm³/mol. The third-order valence-electron chi connectivity index (χ3n) is 11.6. The number of anilines is 4. The van der Waals surface area contributed by atoms with Crippen LogP contribution in [0.3, 0.4) is 0 Å². The molecule has 0 aliphatic carbocycles. The number of rotatable bonds is 8. The Bertz CT molecular complexity index is 3480. The molecule has 0 saturated carbocycles. The number of ether oxygens (including phenoxy) is 1. The third-order valence-corrected chi connectivity index (χ3v) is 11.6. The van der Waals surface area contributed by atoms with E-state index in [0.717, 1.165) is 72.4 Å². The normalized spacial score (nSPS) is 13.0. The molecule has 2 aromatic heterocycles. The summed E-state index contributed by atoms with van der Waals surface area (Å²) in [5.41, 5.74) is 12.0. The second kappa shape index (κ2) is 16.8. The van der Waals surface area contributed by atoms with Crippen molar-refractivity contribution in [2.45, 2.75) is 26.2 Å². The number of benzene rings is 8. The van der Waals surface area contributed by atoms with Crippen LogP contribution in [-0.4, -0.2) is 9.55 Å². The van der Waals surface area contributed by atoms with E-state index in [1.165, 1.54) is 0 Å². The SMILES string of the molecule is [2H]c1nc(-n2c3[c-]c(Oc4[c-]c(N5[CH-]N(c6c(-c7ccccc7)cccc6-c6cccc(-c7ccccc7)c6)c6ccccc65)ccc4)ccc3c3ccccc32)c([2H])c(C(C)(C)C)c1[2H].[Pt]. The first-order chi connectivity index (χ1) is 32.1. The van der Waals surface area contributed by atoms with Gasteiger partial charge in [0.15, 0.2) is 0 Å². The molecule has 0 spiro atoms. The molecule has 0 radical (unpaired) electrons. The van der Waals surface area contributed by atoms with Crippen molar-refractivity contribution in [3.05, 3.63) is 225 Å². The van der Waals surface area contributed by atoms with Crippen LogP contribution in [0.5, 0.6) is 11.5 Å². The maximum absolute atomic E-state index is 9.33. The van der Waals surface area contributed by atoms with Crippen LogP contribution in [0.2, 0.25) is 0 Å².